The predicted molar refractivity (Wildman–Crippen MR) is 40.7 cm³/mol. The number of hydrogen-bond donors (Lipinski definition) is 1. The zero-order valence-electron chi connectivity index (χ0n) is 6.25. The van der Waals surface area contributed by atoms with Gasteiger partial charge >= 0.3 is 0 Å². The summed E-state index contributed by atoms with van der Waals surface area (Å²) in [7, 11) is -0.824. The van der Waals surface area contributed by atoms with Gasteiger partial charge in [-0.15, -0.1) is 0 Å². The van der Waals surface area contributed by atoms with Gasteiger partial charge in [0.05, 0.1) is 19.3 Å². The fourth-order valence-corrected chi connectivity index (χ4v) is 1.23. The van der Waals surface area contributed by atoms with E-state index in [0.717, 1.165) is 12.7 Å². The third kappa shape index (κ3) is 3.31. The second-order valence-electron chi connectivity index (χ2n) is 2.61. The molecule has 1 saturated heterocycles. The van der Waals surface area contributed by atoms with Crippen molar-refractivity contribution >= 4 is 9.76 Å². The fraction of sp³-hybridized carbons (Fsp3) is 1.00. The first-order valence-electron chi connectivity index (χ1n) is 3.67. The SMILES string of the molecule is CC(C[SiH2]O)OCC1CO1. The molecule has 1 fully saturated rings. The monoisotopic (exact) mass is 162 g/mol. The van der Waals surface area contributed by atoms with Crippen LogP contribution in [0.1, 0.15) is 6.92 Å². The molecule has 3 nitrogen and oxygen atoms in total. The predicted octanol–water partition coefficient (Wildman–Crippen LogP) is -0.715. The average molecular weight is 162 g/mol. The summed E-state index contributed by atoms with van der Waals surface area (Å²) in [4.78, 5) is 8.65. The summed E-state index contributed by atoms with van der Waals surface area (Å²) in [5.41, 5.74) is 0. The zero-order chi connectivity index (χ0) is 7.40. The van der Waals surface area contributed by atoms with Crippen molar-refractivity contribution in [2.24, 2.45) is 0 Å². The minimum atomic E-state index is -0.824. The van der Waals surface area contributed by atoms with Gasteiger partial charge in [0, 0.05) is 0 Å². The summed E-state index contributed by atoms with van der Waals surface area (Å²) in [5.74, 6) is 0. The molecule has 1 rings (SSSR count). The van der Waals surface area contributed by atoms with E-state index in [0.29, 0.717) is 12.7 Å². The number of rotatable bonds is 5. The second-order valence-corrected chi connectivity index (χ2v) is 3.64. The van der Waals surface area contributed by atoms with Gasteiger partial charge in [-0.1, -0.05) is 0 Å². The third-order valence-corrected chi connectivity index (χ3v) is 2.58. The first kappa shape index (κ1) is 8.20. The van der Waals surface area contributed by atoms with E-state index in [2.05, 4.69) is 0 Å². The van der Waals surface area contributed by atoms with E-state index in [1.54, 1.807) is 0 Å². The summed E-state index contributed by atoms with van der Waals surface area (Å²) in [6.45, 7) is 3.55. The molecule has 2 unspecified atom stereocenters. The maximum atomic E-state index is 8.65. The summed E-state index contributed by atoms with van der Waals surface area (Å²) < 4.78 is 10.3. The van der Waals surface area contributed by atoms with Gasteiger partial charge in [-0.2, -0.15) is 0 Å². The molecule has 0 saturated carbocycles. The van der Waals surface area contributed by atoms with Crippen molar-refractivity contribution in [2.45, 2.75) is 25.2 Å². The van der Waals surface area contributed by atoms with E-state index >= 15 is 0 Å². The Kier molecular flexibility index (Phi) is 3.34. The van der Waals surface area contributed by atoms with Crippen LogP contribution in [-0.4, -0.2) is 40.0 Å². The van der Waals surface area contributed by atoms with Crippen LogP contribution in [-0.2, 0) is 9.47 Å². The maximum Gasteiger partial charge on any atom is 0.159 e. The number of hydrogen-bond acceptors (Lipinski definition) is 3. The smallest absolute Gasteiger partial charge is 0.159 e. The topological polar surface area (TPSA) is 42.0 Å². The first-order valence-corrected chi connectivity index (χ1v) is 5.30. The van der Waals surface area contributed by atoms with Gasteiger partial charge in [0.25, 0.3) is 0 Å². The quantitative estimate of drug-likeness (QED) is 0.429. The average Bonchev–Trinajstić information content (AvgIpc) is 2.67. The highest BCUT2D eigenvalue weighted by Gasteiger charge is 2.23. The van der Waals surface area contributed by atoms with E-state index in [1.807, 2.05) is 6.92 Å². The van der Waals surface area contributed by atoms with Crippen molar-refractivity contribution in [2.75, 3.05) is 13.2 Å². The van der Waals surface area contributed by atoms with E-state index in [-0.39, 0.29) is 6.10 Å². The molecule has 0 spiro atoms. The molecule has 2 atom stereocenters. The minimum Gasteiger partial charge on any atom is -0.438 e. The van der Waals surface area contributed by atoms with E-state index in [4.69, 9.17) is 14.3 Å². The van der Waals surface area contributed by atoms with E-state index < -0.39 is 9.76 Å². The molecule has 4 heteroatoms. The number of epoxide rings is 1. The van der Waals surface area contributed by atoms with E-state index in [9.17, 15) is 0 Å². The molecule has 1 heterocycles. The van der Waals surface area contributed by atoms with Gasteiger partial charge in [0.15, 0.2) is 9.76 Å². The van der Waals surface area contributed by atoms with Crippen molar-refractivity contribution < 1.29 is 14.3 Å². The van der Waals surface area contributed by atoms with Crippen molar-refractivity contribution in [3.63, 3.8) is 0 Å². The lowest BCUT2D eigenvalue weighted by atomic mass is 10.4. The summed E-state index contributed by atoms with van der Waals surface area (Å²) in [6, 6.07) is 0.854. The summed E-state index contributed by atoms with van der Waals surface area (Å²) in [5, 5.41) is 0. The highest BCUT2D eigenvalue weighted by Crippen LogP contribution is 2.10. The molecule has 10 heavy (non-hydrogen) atoms. The fourth-order valence-electron chi connectivity index (χ4n) is 0.701. The van der Waals surface area contributed by atoms with Crippen LogP contribution in [0.15, 0.2) is 0 Å². The Labute approximate surface area is 63.3 Å². The lowest BCUT2D eigenvalue weighted by Crippen LogP contribution is -2.14. The molecular weight excluding hydrogens is 148 g/mol. The van der Waals surface area contributed by atoms with Crippen LogP contribution >= 0.6 is 0 Å². The highest BCUT2D eigenvalue weighted by molar-refractivity contribution is 6.25. The molecule has 0 aliphatic carbocycles. The molecule has 0 radical (unpaired) electrons. The minimum absolute atomic E-state index is 0.223. The largest absolute Gasteiger partial charge is 0.438 e. The van der Waals surface area contributed by atoms with Gasteiger partial charge < -0.3 is 14.3 Å². The Morgan fingerprint density at radius 2 is 2.60 bits per heavy atom. The van der Waals surface area contributed by atoms with Gasteiger partial charge in [-0.05, 0) is 13.0 Å². The zero-order valence-corrected chi connectivity index (χ0v) is 7.66. The third-order valence-electron chi connectivity index (χ3n) is 1.50. The lowest BCUT2D eigenvalue weighted by molar-refractivity contribution is 0.0651. The van der Waals surface area contributed by atoms with Crippen molar-refractivity contribution in [1.82, 2.24) is 0 Å². The first-order chi connectivity index (χ1) is 4.83. The molecule has 0 amide bonds. The van der Waals surface area contributed by atoms with Crippen LogP contribution in [0, 0.1) is 0 Å². The molecule has 0 aromatic carbocycles. The number of ether oxygens (including phenoxy) is 2. The van der Waals surface area contributed by atoms with Crippen LogP contribution < -0.4 is 0 Å². The Hall–Kier alpha value is 0.0969. The van der Waals surface area contributed by atoms with Crippen molar-refractivity contribution in [3.8, 4) is 0 Å². The molecule has 0 aromatic rings. The molecule has 60 valence electrons. The normalized spacial score (nSPS) is 27.6. The van der Waals surface area contributed by atoms with Gasteiger partial charge in [0.1, 0.15) is 6.10 Å². The Balaban J connectivity index is 1.89. The van der Waals surface area contributed by atoms with Crippen LogP contribution in [0.25, 0.3) is 0 Å². The van der Waals surface area contributed by atoms with Crippen LogP contribution in [0.2, 0.25) is 6.04 Å². The van der Waals surface area contributed by atoms with E-state index in [1.165, 1.54) is 0 Å². The van der Waals surface area contributed by atoms with Gasteiger partial charge in [-0.3, -0.25) is 0 Å². The molecule has 1 N–H and O–H groups in total. The van der Waals surface area contributed by atoms with Crippen LogP contribution in [0.3, 0.4) is 0 Å². The Morgan fingerprint density at radius 1 is 1.90 bits per heavy atom. The molecular formula is C6H14O3Si. The lowest BCUT2D eigenvalue weighted by Gasteiger charge is -2.08. The van der Waals surface area contributed by atoms with Crippen LogP contribution in [0.5, 0.6) is 0 Å². The summed E-state index contributed by atoms with van der Waals surface area (Å²) >= 11 is 0. The second kappa shape index (κ2) is 4.08. The molecule has 1 aliphatic heterocycles. The molecule has 1 aliphatic rings. The Morgan fingerprint density at radius 3 is 3.10 bits per heavy atom. The highest BCUT2D eigenvalue weighted by atomic mass is 28.2. The van der Waals surface area contributed by atoms with Gasteiger partial charge in [-0.25, -0.2) is 0 Å². The molecule has 0 aromatic heterocycles. The van der Waals surface area contributed by atoms with Crippen molar-refractivity contribution in [1.29, 1.82) is 0 Å². The standard InChI is InChI=1S/C6H14O3Si/c1-5(4-10-7)8-2-6-3-9-6/h5-7H,2-4,10H2,1H3. The maximum absolute atomic E-state index is 8.65. The van der Waals surface area contributed by atoms with Crippen LogP contribution in [0.4, 0.5) is 0 Å². The van der Waals surface area contributed by atoms with Gasteiger partial charge in [0.2, 0.25) is 0 Å². The van der Waals surface area contributed by atoms with Crippen molar-refractivity contribution in [3.05, 3.63) is 0 Å². The Bertz CT molecular complexity index is 95.0. The molecule has 0 bridgehead atoms. The summed E-state index contributed by atoms with van der Waals surface area (Å²) in [6.07, 6.45) is 0.573.